The normalized spacial score (nSPS) is 18.0. The van der Waals surface area contributed by atoms with Gasteiger partial charge in [-0.15, -0.1) is 0 Å². The molecule has 4 rings (SSSR count). The number of rotatable bonds is 4. The molecule has 1 saturated carbocycles. The second kappa shape index (κ2) is 8.80. The number of piperazine rings is 1. The van der Waals surface area contributed by atoms with Crippen LogP contribution in [0.3, 0.4) is 0 Å². The maximum Gasteiger partial charge on any atom is 0.257 e. The lowest BCUT2D eigenvalue weighted by Gasteiger charge is -2.37. The third-order valence-electron chi connectivity index (χ3n) is 6.32. The molecule has 1 N–H and O–H groups in total. The molecule has 154 valence electrons. The molecular weight excluding hydrogens is 362 g/mol. The minimum atomic E-state index is 0.0230. The zero-order valence-electron chi connectivity index (χ0n) is 17.5. The Morgan fingerprint density at radius 1 is 1.00 bits per heavy atom. The second-order valence-corrected chi connectivity index (χ2v) is 8.27. The van der Waals surface area contributed by atoms with Gasteiger partial charge in [-0.25, -0.2) is 9.97 Å². The summed E-state index contributed by atoms with van der Waals surface area (Å²) in [6.07, 6.45) is 9.53. The summed E-state index contributed by atoms with van der Waals surface area (Å²) in [6.45, 7) is 7.44. The summed E-state index contributed by atoms with van der Waals surface area (Å²) in [4.78, 5) is 25.9. The minimum absolute atomic E-state index is 0.0230. The third kappa shape index (κ3) is 4.52. The SMILES string of the molecule is Cc1cccc(N2CCN(C(=O)c3cnc(NC4CCCCC4)nc3)CC2)c1C. The van der Waals surface area contributed by atoms with Crippen LogP contribution >= 0.6 is 0 Å². The molecule has 1 aromatic heterocycles. The molecule has 1 aromatic carbocycles. The van der Waals surface area contributed by atoms with Gasteiger partial charge in [0.2, 0.25) is 5.95 Å². The zero-order chi connectivity index (χ0) is 20.2. The Kier molecular flexibility index (Phi) is 5.97. The van der Waals surface area contributed by atoms with Crippen LogP contribution in [0.4, 0.5) is 11.6 Å². The summed E-state index contributed by atoms with van der Waals surface area (Å²) < 4.78 is 0. The van der Waals surface area contributed by atoms with Gasteiger partial charge in [0, 0.05) is 50.3 Å². The number of anilines is 2. The second-order valence-electron chi connectivity index (χ2n) is 8.27. The molecule has 0 spiro atoms. The summed E-state index contributed by atoms with van der Waals surface area (Å²) in [6, 6.07) is 6.88. The van der Waals surface area contributed by atoms with Gasteiger partial charge in [-0.2, -0.15) is 0 Å². The quantitative estimate of drug-likeness (QED) is 0.856. The molecule has 0 atom stereocenters. The Hall–Kier alpha value is -2.63. The lowest BCUT2D eigenvalue weighted by atomic mass is 9.96. The van der Waals surface area contributed by atoms with Crippen LogP contribution in [0.2, 0.25) is 0 Å². The van der Waals surface area contributed by atoms with Crippen molar-refractivity contribution in [2.24, 2.45) is 0 Å². The molecule has 2 heterocycles. The maximum atomic E-state index is 12.9. The number of nitrogens with zero attached hydrogens (tertiary/aromatic N) is 4. The van der Waals surface area contributed by atoms with Crippen molar-refractivity contribution in [3.05, 3.63) is 47.3 Å². The van der Waals surface area contributed by atoms with Crippen molar-refractivity contribution in [1.29, 1.82) is 0 Å². The molecule has 2 aliphatic rings. The van der Waals surface area contributed by atoms with Crippen molar-refractivity contribution >= 4 is 17.5 Å². The molecule has 1 aliphatic heterocycles. The van der Waals surface area contributed by atoms with Gasteiger partial charge in [0.15, 0.2) is 0 Å². The first-order chi connectivity index (χ1) is 14.1. The number of aryl methyl sites for hydroxylation is 1. The number of nitrogens with one attached hydrogen (secondary N) is 1. The molecule has 6 heteroatoms. The number of aromatic nitrogens is 2. The predicted molar refractivity (Wildman–Crippen MR) is 117 cm³/mol. The molecule has 0 radical (unpaired) electrons. The van der Waals surface area contributed by atoms with Crippen LogP contribution in [0.1, 0.15) is 53.6 Å². The van der Waals surface area contributed by atoms with E-state index >= 15 is 0 Å². The van der Waals surface area contributed by atoms with E-state index in [-0.39, 0.29) is 5.91 Å². The van der Waals surface area contributed by atoms with E-state index in [1.165, 1.54) is 48.9 Å². The topological polar surface area (TPSA) is 61.4 Å². The van der Waals surface area contributed by atoms with Crippen molar-refractivity contribution < 1.29 is 4.79 Å². The van der Waals surface area contributed by atoms with Gasteiger partial charge in [-0.1, -0.05) is 31.4 Å². The van der Waals surface area contributed by atoms with E-state index in [2.05, 4.69) is 52.2 Å². The van der Waals surface area contributed by atoms with Crippen LogP contribution in [0.15, 0.2) is 30.6 Å². The van der Waals surface area contributed by atoms with E-state index in [1.807, 2.05) is 4.90 Å². The number of carbonyl (C=O) groups excluding carboxylic acids is 1. The fourth-order valence-corrected chi connectivity index (χ4v) is 4.35. The van der Waals surface area contributed by atoms with Gasteiger partial charge in [0.05, 0.1) is 5.56 Å². The van der Waals surface area contributed by atoms with Crippen LogP contribution in [0.5, 0.6) is 0 Å². The van der Waals surface area contributed by atoms with Crippen LogP contribution in [0.25, 0.3) is 0 Å². The van der Waals surface area contributed by atoms with E-state index in [4.69, 9.17) is 0 Å². The van der Waals surface area contributed by atoms with Crippen molar-refractivity contribution in [2.45, 2.75) is 52.0 Å². The summed E-state index contributed by atoms with van der Waals surface area (Å²) in [5.41, 5.74) is 4.47. The van der Waals surface area contributed by atoms with Crippen molar-refractivity contribution in [2.75, 3.05) is 36.4 Å². The van der Waals surface area contributed by atoms with Crippen LogP contribution in [0, 0.1) is 13.8 Å². The number of carbonyl (C=O) groups is 1. The summed E-state index contributed by atoms with van der Waals surface area (Å²) in [5.74, 6) is 0.656. The maximum absolute atomic E-state index is 12.9. The lowest BCUT2D eigenvalue weighted by molar-refractivity contribution is 0.0746. The molecule has 0 bridgehead atoms. The molecule has 0 unspecified atom stereocenters. The highest BCUT2D eigenvalue weighted by atomic mass is 16.2. The smallest absolute Gasteiger partial charge is 0.257 e. The van der Waals surface area contributed by atoms with Gasteiger partial charge in [-0.05, 0) is 43.9 Å². The van der Waals surface area contributed by atoms with Gasteiger partial charge in [0.25, 0.3) is 5.91 Å². The van der Waals surface area contributed by atoms with Crippen LogP contribution < -0.4 is 10.2 Å². The molecule has 6 nitrogen and oxygen atoms in total. The van der Waals surface area contributed by atoms with Crippen molar-refractivity contribution in [1.82, 2.24) is 14.9 Å². The first-order valence-electron chi connectivity index (χ1n) is 10.8. The molecule has 2 fully saturated rings. The molecule has 2 aromatic rings. The fraction of sp³-hybridized carbons (Fsp3) is 0.522. The van der Waals surface area contributed by atoms with Crippen LogP contribution in [-0.4, -0.2) is 53.0 Å². The average molecular weight is 394 g/mol. The van der Waals surface area contributed by atoms with E-state index in [1.54, 1.807) is 12.4 Å². The summed E-state index contributed by atoms with van der Waals surface area (Å²) >= 11 is 0. The number of benzene rings is 1. The van der Waals surface area contributed by atoms with Gasteiger partial charge < -0.3 is 15.1 Å². The monoisotopic (exact) mass is 393 g/mol. The Balaban J connectivity index is 1.34. The molecule has 1 amide bonds. The van der Waals surface area contributed by atoms with E-state index in [0.717, 1.165) is 13.1 Å². The van der Waals surface area contributed by atoms with Crippen molar-refractivity contribution in [3.8, 4) is 0 Å². The summed E-state index contributed by atoms with van der Waals surface area (Å²) in [7, 11) is 0. The molecular formula is C23H31N5O. The van der Waals surface area contributed by atoms with Gasteiger partial charge in [-0.3, -0.25) is 4.79 Å². The Bertz CT molecular complexity index is 837. The zero-order valence-corrected chi connectivity index (χ0v) is 17.5. The molecule has 1 saturated heterocycles. The number of hydrogen-bond acceptors (Lipinski definition) is 5. The Labute approximate surface area is 173 Å². The fourth-order valence-electron chi connectivity index (χ4n) is 4.35. The van der Waals surface area contributed by atoms with E-state index in [9.17, 15) is 4.79 Å². The first kappa shape index (κ1) is 19.7. The van der Waals surface area contributed by atoms with Gasteiger partial charge in [0.1, 0.15) is 0 Å². The summed E-state index contributed by atoms with van der Waals surface area (Å²) in [5, 5.41) is 3.41. The first-order valence-corrected chi connectivity index (χ1v) is 10.8. The largest absolute Gasteiger partial charge is 0.368 e. The molecule has 29 heavy (non-hydrogen) atoms. The minimum Gasteiger partial charge on any atom is -0.368 e. The standard InChI is InChI=1S/C23H31N5O/c1-17-7-6-10-21(18(17)2)27-11-13-28(14-12-27)22(29)19-15-24-23(25-16-19)26-20-8-4-3-5-9-20/h6-7,10,15-16,20H,3-5,8-9,11-14H2,1-2H3,(H,24,25,26). The van der Waals surface area contributed by atoms with E-state index < -0.39 is 0 Å². The highest BCUT2D eigenvalue weighted by molar-refractivity contribution is 5.93. The van der Waals surface area contributed by atoms with Crippen LogP contribution in [-0.2, 0) is 0 Å². The number of amides is 1. The average Bonchev–Trinajstić information content (AvgIpc) is 2.77. The molecule has 1 aliphatic carbocycles. The highest BCUT2D eigenvalue weighted by Crippen LogP contribution is 2.24. The Morgan fingerprint density at radius 3 is 2.38 bits per heavy atom. The predicted octanol–water partition coefficient (Wildman–Crippen LogP) is 3.80. The Morgan fingerprint density at radius 2 is 1.69 bits per heavy atom. The highest BCUT2D eigenvalue weighted by Gasteiger charge is 2.24. The van der Waals surface area contributed by atoms with Crippen molar-refractivity contribution in [3.63, 3.8) is 0 Å². The van der Waals surface area contributed by atoms with Gasteiger partial charge >= 0.3 is 0 Å². The number of hydrogen-bond donors (Lipinski definition) is 1. The third-order valence-corrected chi connectivity index (χ3v) is 6.32. The lowest BCUT2D eigenvalue weighted by Crippen LogP contribution is -2.49. The van der Waals surface area contributed by atoms with E-state index in [0.29, 0.717) is 30.6 Å².